The number of sulfonamides is 1. The predicted molar refractivity (Wildman–Crippen MR) is 128 cm³/mol. The maximum absolute atomic E-state index is 13.4. The number of rotatable bonds is 5. The Kier molecular flexibility index (Phi) is 5.65. The highest BCUT2D eigenvalue weighted by atomic mass is 32.2. The zero-order valence-electron chi connectivity index (χ0n) is 18.8. The average molecular weight is 479 g/mol. The molecule has 2 aliphatic heterocycles. The van der Waals surface area contributed by atoms with Crippen molar-refractivity contribution < 1.29 is 18.0 Å². The summed E-state index contributed by atoms with van der Waals surface area (Å²) in [6, 6.07) is 15.1. The van der Waals surface area contributed by atoms with E-state index in [9.17, 15) is 18.0 Å². The third-order valence-electron chi connectivity index (χ3n) is 6.50. The van der Waals surface area contributed by atoms with Crippen molar-refractivity contribution >= 4 is 32.7 Å². The largest absolute Gasteiger partial charge is 0.357 e. The number of aryl methyl sites for hydroxylation is 1. The van der Waals surface area contributed by atoms with Crippen molar-refractivity contribution in [2.75, 3.05) is 6.54 Å². The zero-order chi connectivity index (χ0) is 23.9. The highest BCUT2D eigenvalue weighted by Crippen LogP contribution is 2.34. The van der Waals surface area contributed by atoms with Gasteiger partial charge in [-0.15, -0.1) is 0 Å². The first-order valence-electron chi connectivity index (χ1n) is 11.3. The fourth-order valence-electron chi connectivity index (χ4n) is 4.72. The van der Waals surface area contributed by atoms with Gasteiger partial charge in [0.05, 0.1) is 17.4 Å². The fourth-order valence-corrected chi connectivity index (χ4v) is 6.17. The molecule has 5 rings (SSSR count). The van der Waals surface area contributed by atoms with Crippen LogP contribution in [0, 0.1) is 6.92 Å². The molecule has 0 bridgehead atoms. The van der Waals surface area contributed by atoms with Crippen molar-refractivity contribution in [1.82, 2.24) is 19.5 Å². The number of likely N-dealkylation sites (tertiary alicyclic amines) is 1. The van der Waals surface area contributed by atoms with E-state index in [0.717, 1.165) is 39.3 Å². The Balaban J connectivity index is 1.40. The highest BCUT2D eigenvalue weighted by Gasteiger charge is 2.40. The molecule has 1 saturated heterocycles. The molecule has 2 aliphatic rings. The van der Waals surface area contributed by atoms with Crippen LogP contribution in [0.5, 0.6) is 0 Å². The lowest BCUT2D eigenvalue weighted by Gasteiger charge is -2.33. The van der Waals surface area contributed by atoms with Crippen LogP contribution < -0.4 is 5.32 Å². The summed E-state index contributed by atoms with van der Waals surface area (Å²) in [6.07, 6.45) is 4.01. The van der Waals surface area contributed by atoms with Crippen LogP contribution in [-0.2, 0) is 19.6 Å². The van der Waals surface area contributed by atoms with Gasteiger partial charge in [0.1, 0.15) is 6.04 Å². The number of hydrogen-bond donors (Lipinski definition) is 2. The van der Waals surface area contributed by atoms with Gasteiger partial charge in [-0.05, 0) is 49.4 Å². The first kappa shape index (κ1) is 22.2. The number of fused-ring (bicyclic) bond motifs is 1. The van der Waals surface area contributed by atoms with Crippen LogP contribution in [0.15, 0.2) is 71.9 Å². The molecule has 0 spiro atoms. The molecule has 34 heavy (non-hydrogen) atoms. The minimum atomic E-state index is -4.00. The summed E-state index contributed by atoms with van der Waals surface area (Å²) < 4.78 is 27.6. The lowest BCUT2D eigenvalue weighted by atomic mass is 10.1. The maximum Gasteiger partial charge on any atom is 0.264 e. The monoisotopic (exact) mass is 478 g/mol. The first-order valence-corrected chi connectivity index (χ1v) is 12.7. The van der Waals surface area contributed by atoms with Crippen molar-refractivity contribution in [2.24, 2.45) is 0 Å². The van der Waals surface area contributed by atoms with Gasteiger partial charge < -0.3 is 15.2 Å². The molecule has 0 saturated carbocycles. The fraction of sp³-hybridized carbons (Fsp3) is 0.280. The number of amides is 2. The van der Waals surface area contributed by atoms with Crippen LogP contribution in [0.3, 0.4) is 0 Å². The number of hydrogen-bond acceptors (Lipinski definition) is 4. The molecular formula is C25H26N4O4S. The second-order valence-electron chi connectivity index (χ2n) is 8.75. The van der Waals surface area contributed by atoms with Crippen molar-refractivity contribution in [3.05, 3.63) is 78.3 Å². The van der Waals surface area contributed by atoms with E-state index >= 15 is 0 Å². The molecular weight excluding hydrogens is 452 g/mol. The number of carbonyl (C=O) groups excluding carboxylic acids is 2. The summed E-state index contributed by atoms with van der Waals surface area (Å²) in [6.45, 7) is 2.43. The minimum Gasteiger partial charge on any atom is -0.357 e. The maximum atomic E-state index is 13.4. The summed E-state index contributed by atoms with van der Waals surface area (Å²) in [5, 5.41) is 3.62. The summed E-state index contributed by atoms with van der Waals surface area (Å²) >= 11 is 0. The molecule has 2 amide bonds. The van der Waals surface area contributed by atoms with Gasteiger partial charge in [-0.25, -0.2) is 8.42 Å². The van der Waals surface area contributed by atoms with Crippen LogP contribution in [0.2, 0.25) is 0 Å². The summed E-state index contributed by atoms with van der Waals surface area (Å²) in [5.74, 6) is -0.770. The molecule has 3 heterocycles. The lowest BCUT2D eigenvalue weighted by Crippen LogP contribution is -2.51. The van der Waals surface area contributed by atoms with E-state index in [2.05, 4.69) is 16.4 Å². The topological polar surface area (TPSA) is 103 Å². The molecule has 0 aliphatic carbocycles. The van der Waals surface area contributed by atoms with Crippen LogP contribution in [0.1, 0.15) is 36.6 Å². The van der Waals surface area contributed by atoms with Crippen LogP contribution in [-0.4, -0.2) is 47.0 Å². The highest BCUT2D eigenvalue weighted by molar-refractivity contribution is 7.89. The zero-order valence-corrected chi connectivity index (χ0v) is 19.6. The third-order valence-corrected chi connectivity index (χ3v) is 8.30. The molecule has 1 unspecified atom stereocenters. The smallest absolute Gasteiger partial charge is 0.264 e. The number of nitrogens with one attached hydrogen (secondary N) is 2. The van der Waals surface area contributed by atoms with Crippen molar-refractivity contribution in [3.63, 3.8) is 0 Å². The Labute approximate surface area is 198 Å². The van der Waals surface area contributed by atoms with Crippen LogP contribution in [0.25, 0.3) is 10.9 Å². The number of H-pyrrole nitrogens is 1. The van der Waals surface area contributed by atoms with Crippen molar-refractivity contribution in [2.45, 2.75) is 43.2 Å². The van der Waals surface area contributed by atoms with E-state index in [4.69, 9.17) is 0 Å². The molecule has 2 atom stereocenters. The van der Waals surface area contributed by atoms with Crippen LogP contribution in [0.4, 0.5) is 0 Å². The minimum absolute atomic E-state index is 0.0759. The molecule has 9 heteroatoms. The van der Waals surface area contributed by atoms with Crippen LogP contribution >= 0.6 is 0 Å². The number of aromatic amines is 1. The second kappa shape index (κ2) is 8.64. The van der Waals surface area contributed by atoms with Gasteiger partial charge in [-0.2, -0.15) is 0 Å². The molecule has 2 N–H and O–H groups in total. The van der Waals surface area contributed by atoms with Gasteiger partial charge in [-0.3, -0.25) is 13.9 Å². The molecule has 3 aromatic rings. The lowest BCUT2D eigenvalue weighted by molar-refractivity contribution is -0.136. The number of benzene rings is 2. The summed E-state index contributed by atoms with van der Waals surface area (Å²) in [5.41, 5.74) is 2.88. The van der Waals surface area contributed by atoms with E-state index in [-0.39, 0.29) is 23.3 Å². The van der Waals surface area contributed by atoms with Gasteiger partial charge in [0.2, 0.25) is 11.8 Å². The Morgan fingerprint density at radius 3 is 2.65 bits per heavy atom. The van der Waals surface area contributed by atoms with Gasteiger partial charge in [0, 0.05) is 30.2 Å². The number of aromatic nitrogens is 1. The standard InChI is InChI=1S/C25H26N4O4S/c1-17-8-10-19(11-9-17)34(32,33)29-14-12-26-25(31)23(29)16-24(30)28-13-4-7-22(28)21-15-18-5-2-3-6-20(18)27-21/h2-3,5-6,8-12,14-15,22-23,27H,4,7,13,16H2,1H3,(H,26,31)/t22?,23-/m1/s1. The van der Waals surface area contributed by atoms with Gasteiger partial charge in [0.15, 0.2) is 0 Å². The van der Waals surface area contributed by atoms with Gasteiger partial charge in [0.25, 0.3) is 10.0 Å². The molecule has 1 aromatic heterocycles. The Morgan fingerprint density at radius 2 is 1.88 bits per heavy atom. The number of para-hydroxylation sites is 1. The second-order valence-corrected chi connectivity index (χ2v) is 10.6. The molecule has 0 radical (unpaired) electrons. The SMILES string of the molecule is Cc1ccc(S(=O)(=O)N2C=CNC(=O)[C@H]2CC(=O)N2CCCC2c2cc3ccccc3[nH]2)cc1. The van der Waals surface area contributed by atoms with E-state index < -0.39 is 22.0 Å². The Bertz CT molecular complexity index is 1340. The Hall–Kier alpha value is -3.59. The first-order chi connectivity index (χ1) is 16.3. The van der Waals surface area contributed by atoms with E-state index in [1.54, 1.807) is 17.0 Å². The van der Waals surface area contributed by atoms with Gasteiger partial charge in [-0.1, -0.05) is 35.9 Å². The Morgan fingerprint density at radius 1 is 1.12 bits per heavy atom. The van der Waals surface area contributed by atoms with Gasteiger partial charge >= 0.3 is 0 Å². The molecule has 1 fully saturated rings. The quantitative estimate of drug-likeness (QED) is 0.588. The molecule has 8 nitrogen and oxygen atoms in total. The van der Waals surface area contributed by atoms with Crippen molar-refractivity contribution in [3.8, 4) is 0 Å². The number of carbonyl (C=O) groups is 2. The predicted octanol–water partition coefficient (Wildman–Crippen LogP) is 3.19. The summed E-state index contributed by atoms with van der Waals surface area (Å²) in [7, 11) is -4.00. The average Bonchev–Trinajstić information content (AvgIpc) is 3.47. The third kappa shape index (κ3) is 3.96. The van der Waals surface area contributed by atoms with E-state index in [1.807, 2.05) is 31.2 Å². The van der Waals surface area contributed by atoms with E-state index in [0.29, 0.717) is 6.54 Å². The molecule has 2 aromatic carbocycles. The molecule has 176 valence electrons. The van der Waals surface area contributed by atoms with E-state index in [1.165, 1.54) is 24.5 Å². The summed E-state index contributed by atoms with van der Waals surface area (Å²) in [4.78, 5) is 31.3. The number of nitrogens with zero attached hydrogens (tertiary/aromatic N) is 2. The van der Waals surface area contributed by atoms with Crippen molar-refractivity contribution in [1.29, 1.82) is 0 Å². The normalized spacial score (nSPS) is 20.7.